The van der Waals surface area contributed by atoms with Crippen molar-refractivity contribution in [2.45, 2.75) is 44.8 Å². The highest BCUT2D eigenvalue weighted by Gasteiger charge is 2.38. The summed E-state index contributed by atoms with van der Waals surface area (Å²) in [4.78, 5) is 11.7. The van der Waals surface area contributed by atoms with Crippen LogP contribution in [0.15, 0.2) is 18.9 Å². The molecule has 1 saturated carbocycles. The SMILES string of the molecule is C=CC(=O)c1c(C(F)(F)F)cnn1CC1CCCCC1. The first-order valence-corrected chi connectivity index (χ1v) is 6.73. The predicted octanol–water partition coefficient (Wildman–Crippen LogP) is 3.85. The highest BCUT2D eigenvalue weighted by Crippen LogP contribution is 2.33. The third kappa shape index (κ3) is 3.11. The molecule has 110 valence electrons. The number of halogens is 3. The van der Waals surface area contributed by atoms with Crippen molar-refractivity contribution in [3.8, 4) is 0 Å². The molecule has 0 aromatic carbocycles. The van der Waals surface area contributed by atoms with Gasteiger partial charge in [-0.3, -0.25) is 9.48 Å². The predicted molar refractivity (Wildman–Crippen MR) is 68.3 cm³/mol. The molecule has 0 spiro atoms. The molecule has 3 nitrogen and oxygen atoms in total. The van der Waals surface area contributed by atoms with E-state index in [0.717, 1.165) is 38.0 Å². The Hall–Kier alpha value is -1.59. The van der Waals surface area contributed by atoms with Gasteiger partial charge in [0, 0.05) is 6.54 Å². The van der Waals surface area contributed by atoms with E-state index in [1.807, 2.05) is 0 Å². The van der Waals surface area contributed by atoms with E-state index < -0.39 is 23.2 Å². The summed E-state index contributed by atoms with van der Waals surface area (Å²) in [5, 5.41) is 3.77. The van der Waals surface area contributed by atoms with Crippen molar-refractivity contribution >= 4 is 5.78 Å². The van der Waals surface area contributed by atoms with Gasteiger partial charge in [0.25, 0.3) is 0 Å². The Morgan fingerprint density at radius 3 is 2.60 bits per heavy atom. The van der Waals surface area contributed by atoms with Gasteiger partial charge in [0.2, 0.25) is 5.78 Å². The fraction of sp³-hybridized carbons (Fsp3) is 0.571. The molecule has 0 amide bonds. The van der Waals surface area contributed by atoms with E-state index in [2.05, 4.69) is 11.7 Å². The lowest BCUT2D eigenvalue weighted by Gasteiger charge is -2.22. The second-order valence-electron chi connectivity index (χ2n) is 5.16. The summed E-state index contributed by atoms with van der Waals surface area (Å²) in [7, 11) is 0. The number of hydrogen-bond acceptors (Lipinski definition) is 2. The maximum atomic E-state index is 12.9. The van der Waals surface area contributed by atoms with Gasteiger partial charge in [-0.1, -0.05) is 25.8 Å². The molecule has 1 aliphatic carbocycles. The van der Waals surface area contributed by atoms with Crippen molar-refractivity contribution < 1.29 is 18.0 Å². The van der Waals surface area contributed by atoms with Gasteiger partial charge in [0.05, 0.1) is 6.20 Å². The molecule has 0 N–H and O–H groups in total. The zero-order chi connectivity index (χ0) is 14.8. The Balaban J connectivity index is 2.30. The molecule has 1 aliphatic rings. The number of carbonyl (C=O) groups is 1. The lowest BCUT2D eigenvalue weighted by atomic mass is 9.89. The van der Waals surface area contributed by atoms with Crippen LogP contribution in [0.25, 0.3) is 0 Å². The van der Waals surface area contributed by atoms with Crippen LogP contribution >= 0.6 is 0 Å². The Labute approximate surface area is 115 Å². The van der Waals surface area contributed by atoms with Crippen molar-refractivity contribution in [3.05, 3.63) is 30.1 Å². The van der Waals surface area contributed by atoms with Gasteiger partial charge < -0.3 is 0 Å². The Morgan fingerprint density at radius 2 is 2.05 bits per heavy atom. The summed E-state index contributed by atoms with van der Waals surface area (Å²) in [6, 6.07) is 0. The minimum Gasteiger partial charge on any atom is -0.288 e. The van der Waals surface area contributed by atoms with E-state index in [9.17, 15) is 18.0 Å². The summed E-state index contributed by atoms with van der Waals surface area (Å²) in [5.74, 6) is -0.438. The van der Waals surface area contributed by atoms with Crippen LogP contribution in [0, 0.1) is 5.92 Å². The van der Waals surface area contributed by atoms with E-state index in [0.29, 0.717) is 12.5 Å². The average Bonchev–Trinajstić information content (AvgIpc) is 2.82. The topological polar surface area (TPSA) is 34.9 Å². The molecule has 1 aromatic rings. The number of aromatic nitrogens is 2. The number of hydrogen-bond donors (Lipinski definition) is 0. The quantitative estimate of drug-likeness (QED) is 0.622. The van der Waals surface area contributed by atoms with Crippen molar-refractivity contribution in [2.75, 3.05) is 0 Å². The maximum Gasteiger partial charge on any atom is 0.420 e. The van der Waals surface area contributed by atoms with Crippen molar-refractivity contribution in [3.63, 3.8) is 0 Å². The monoisotopic (exact) mass is 286 g/mol. The molecule has 1 heterocycles. The molecule has 2 rings (SSSR count). The number of nitrogens with zero attached hydrogens (tertiary/aromatic N) is 2. The van der Waals surface area contributed by atoms with Crippen LogP contribution in [0.5, 0.6) is 0 Å². The maximum absolute atomic E-state index is 12.9. The first kappa shape index (κ1) is 14.8. The van der Waals surface area contributed by atoms with Crippen LogP contribution in [-0.4, -0.2) is 15.6 Å². The minimum absolute atomic E-state index is 0.293. The fourth-order valence-corrected chi connectivity index (χ4v) is 2.70. The van der Waals surface area contributed by atoms with Gasteiger partial charge in [0.1, 0.15) is 11.3 Å². The second kappa shape index (κ2) is 5.81. The first-order valence-electron chi connectivity index (χ1n) is 6.73. The smallest absolute Gasteiger partial charge is 0.288 e. The molecule has 1 fully saturated rings. The minimum atomic E-state index is -4.57. The standard InChI is InChI=1S/C14H17F3N2O/c1-2-12(20)13-11(14(15,16)17)8-18-19(13)9-10-6-4-3-5-7-10/h2,8,10H,1,3-7,9H2. The average molecular weight is 286 g/mol. The summed E-state index contributed by atoms with van der Waals surface area (Å²) >= 11 is 0. The lowest BCUT2D eigenvalue weighted by Crippen LogP contribution is -2.20. The van der Waals surface area contributed by atoms with Gasteiger partial charge in [-0.25, -0.2) is 0 Å². The Bertz CT molecular complexity index is 499. The van der Waals surface area contributed by atoms with Crippen LogP contribution in [0.3, 0.4) is 0 Å². The molecule has 1 aromatic heterocycles. The molecular weight excluding hydrogens is 269 g/mol. The van der Waals surface area contributed by atoms with Crippen LogP contribution < -0.4 is 0 Å². The Kier molecular flexibility index (Phi) is 4.30. The number of ketones is 1. The zero-order valence-electron chi connectivity index (χ0n) is 11.1. The Morgan fingerprint density at radius 1 is 1.40 bits per heavy atom. The van der Waals surface area contributed by atoms with E-state index in [1.165, 1.54) is 11.1 Å². The molecule has 0 bridgehead atoms. The van der Waals surface area contributed by atoms with Gasteiger partial charge in [0.15, 0.2) is 0 Å². The van der Waals surface area contributed by atoms with Gasteiger partial charge in [-0.2, -0.15) is 18.3 Å². The summed E-state index contributed by atoms with van der Waals surface area (Å²) < 4.78 is 39.9. The third-order valence-electron chi connectivity index (χ3n) is 3.72. The molecule has 0 radical (unpaired) electrons. The van der Waals surface area contributed by atoms with Gasteiger partial charge >= 0.3 is 6.18 Å². The molecule has 0 aliphatic heterocycles. The highest BCUT2D eigenvalue weighted by atomic mass is 19.4. The van der Waals surface area contributed by atoms with Crippen LogP contribution in [-0.2, 0) is 12.7 Å². The van der Waals surface area contributed by atoms with Crippen molar-refractivity contribution in [1.82, 2.24) is 9.78 Å². The first-order chi connectivity index (χ1) is 9.43. The highest BCUT2D eigenvalue weighted by molar-refractivity contribution is 6.04. The summed E-state index contributed by atoms with van der Waals surface area (Å²) in [6.45, 7) is 3.64. The van der Waals surface area contributed by atoms with Crippen LogP contribution in [0.4, 0.5) is 13.2 Å². The van der Waals surface area contributed by atoms with Gasteiger partial charge in [-0.05, 0) is 24.8 Å². The molecule has 0 saturated heterocycles. The number of rotatable bonds is 4. The summed E-state index contributed by atoms with van der Waals surface area (Å²) in [5.41, 5.74) is -1.36. The molecule has 20 heavy (non-hydrogen) atoms. The van der Waals surface area contributed by atoms with Crippen molar-refractivity contribution in [2.24, 2.45) is 5.92 Å². The molecule has 0 atom stereocenters. The molecular formula is C14H17F3N2O. The molecule has 0 unspecified atom stereocenters. The number of carbonyl (C=O) groups excluding carboxylic acids is 1. The van der Waals surface area contributed by atoms with E-state index >= 15 is 0 Å². The van der Waals surface area contributed by atoms with E-state index in [4.69, 9.17) is 0 Å². The van der Waals surface area contributed by atoms with Crippen molar-refractivity contribution in [1.29, 1.82) is 0 Å². The van der Waals surface area contributed by atoms with E-state index in [-0.39, 0.29) is 0 Å². The fourth-order valence-electron chi connectivity index (χ4n) is 2.70. The van der Waals surface area contributed by atoms with E-state index in [1.54, 1.807) is 0 Å². The third-order valence-corrected chi connectivity index (χ3v) is 3.72. The van der Waals surface area contributed by atoms with Crippen LogP contribution in [0.1, 0.15) is 48.2 Å². The zero-order valence-corrected chi connectivity index (χ0v) is 11.1. The van der Waals surface area contributed by atoms with Crippen LogP contribution in [0.2, 0.25) is 0 Å². The largest absolute Gasteiger partial charge is 0.420 e. The second-order valence-corrected chi connectivity index (χ2v) is 5.16. The molecule has 6 heteroatoms. The normalized spacial score (nSPS) is 17.1. The van der Waals surface area contributed by atoms with Gasteiger partial charge in [-0.15, -0.1) is 0 Å². The lowest BCUT2D eigenvalue weighted by molar-refractivity contribution is -0.138. The number of alkyl halides is 3. The number of allylic oxidation sites excluding steroid dienone is 1. The summed E-state index contributed by atoms with van der Waals surface area (Å²) in [6.07, 6.45) is 2.36.